The van der Waals surface area contributed by atoms with E-state index in [1.54, 1.807) is 0 Å². The first-order valence-electron chi connectivity index (χ1n) is 10.8. The Balaban J connectivity index is 1.51. The molecule has 0 aromatic carbocycles. The van der Waals surface area contributed by atoms with Crippen molar-refractivity contribution < 1.29 is 18.0 Å². The van der Waals surface area contributed by atoms with Crippen molar-refractivity contribution in [2.24, 2.45) is 0 Å². The fourth-order valence-corrected chi connectivity index (χ4v) is 4.63. The number of hydrogen-bond donors (Lipinski definition) is 0. The average molecular weight is 423 g/mol. The summed E-state index contributed by atoms with van der Waals surface area (Å²) in [5.41, 5.74) is -0.308. The number of carbonyl (C=O) groups is 1. The highest BCUT2D eigenvalue weighted by Crippen LogP contribution is 2.32. The summed E-state index contributed by atoms with van der Waals surface area (Å²) < 4.78 is 40.9. The molecule has 2 aromatic heterocycles. The monoisotopic (exact) mass is 423 g/mol. The molecule has 2 saturated heterocycles. The number of alkyl halides is 3. The zero-order valence-electron chi connectivity index (χ0n) is 17.2. The van der Waals surface area contributed by atoms with E-state index in [1.165, 1.54) is 23.3 Å². The minimum absolute atomic E-state index is 0.0587. The molecule has 2 fully saturated rings. The van der Waals surface area contributed by atoms with Crippen LogP contribution in [0.1, 0.15) is 62.8 Å². The molecule has 0 N–H and O–H groups in total. The lowest BCUT2D eigenvalue weighted by Gasteiger charge is -2.37. The molecule has 2 aromatic rings. The van der Waals surface area contributed by atoms with Gasteiger partial charge in [-0.05, 0) is 51.3 Å². The van der Waals surface area contributed by atoms with Crippen molar-refractivity contribution in [1.29, 1.82) is 0 Å². The van der Waals surface area contributed by atoms with Crippen LogP contribution in [0.15, 0.2) is 18.3 Å². The molecule has 164 valence electrons. The van der Waals surface area contributed by atoms with Crippen molar-refractivity contribution in [2.45, 2.75) is 63.6 Å². The summed E-state index contributed by atoms with van der Waals surface area (Å²) in [6.45, 7) is 4.98. The van der Waals surface area contributed by atoms with Gasteiger partial charge in [0.25, 0.3) is 0 Å². The van der Waals surface area contributed by atoms with Gasteiger partial charge >= 0.3 is 6.18 Å². The summed E-state index contributed by atoms with van der Waals surface area (Å²) in [6, 6.07) is 2.14. The highest BCUT2D eigenvalue weighted by atomic mass is 19.4. The second-order valence-electron chi connectivity index (χ2n) is 8.45. The molecule has 2 aliphatic heterocycles. The van der Waals surface area contributed by atoms with E-state index in [0.29, 0.717) is 18.0 Å². The van der Waals surface area contributed by atoms with Crippen molar-refractivity contribution in [3.05, 3.63) is 29.7 Å². The zero-order valence-corrected chi connectivity index (χ0v) is 17.2. The summed E-state index contributed by atoms with van der Waals surface area (Å²) >= 11 is 0. The Labute approximate surface area is 174 Å². The second kappa shape index (κ2) is 8.53. The Morgan fingerprint density at radius 3 is 2.50 bits per heavy atom. The summed E-state index contributed by atoms with van der Waals surface area (Å²) in [7, 11) is 0. The van der Waals surface area contributed by atoms with Gasteiger partial charge in [-0.25, -0.2) is 0 Å². The number of pyridine rings is 1. The smallest absolute Gasteiger partial charge is 0.341 e. The van der Waals surface area contributed by atoms with Crippen LogP contribution in [0.25, 0.3) is 5.65 Å². The third-order valence-corrected chi connectivity index (χ3v) is 6.40. The minimum atomic E-state index is -4.41. The summed E-state index contributed by atoms with van der Waals surface area (Å²) in [6.07, 6.45) is 2.79. The highest BCUT2D eigenvalue weighted by Gasteiger charge is 2.34. The predicted octanol–water partition coefficient (Wildman–Crippen LogP) is 3.72. The van der Waals surface area contributed by atoms with Crippen molar-refractivity contribution in [1.82, 2.24) is 24.4 Å². The summed E-state index contributed by atoms with van der Waals surface area (Å²) in [4.78, 5) is 17.2. The number of likely N-dealkylation sites (tertiary alicyclic amines) is 2. The number of rotatable bonds is 3. The van der Waals surface area contributed by atoms with Crippen LogP contribution in [0.4, 0.5) is 13.2 Å². The van der Waals surface area contributed by atoms with Crippen LogP contribution < -0.4 is 0 Å². The highest BCUT2D eigenvalue weighted by molar-refractivity contribution is 5.81. The van der Waals surface area contributed by atoms with Gasteiger partial charge in [-0.2, -0.15) is 13.2 Å². The maximum Gasteiger partial charge on any atom is 0.417 e. The zero-order chi connectivity index (χ0) is 21.3. The maximum atomic E-state index is 13.2. The van der Waals surface area contributed by atoms with Crippen molar-refractivity contribution >= 4 is 11.6 Å². The lowest BCUT2D eigenvalue weighted by Crippen LogP contribution is -2.50. The average Bonchev–Trinajstić information content (AvgIpc) is 2.97. The lowest BCUT2D eigenvalue weighted by atomic mass is 9.95. The van der Waals surface area contributed by atoms with Gasteiger partial charge in [0.05, 0.1) is 11.6 Å². The van der Waals surface area contributed by atoms with Crippen LogP contribution in [0.3, 0.4) is 0 Å². The standard InChI is InChI=1S/C21H28F3N5O/c1-15(20(30)27-10-4-2-3-5-11-27)28-12-6-7-16(13-28)19-26-25-18-9-8-17(14-29(18)19)21(22,23)24/h8-9,14-16H,2-7,10-13H2,1H3. The Kier molecular flexibility index (Phi) is 5.99. The first-order valence-corrected chi connectivity index (χ1v) is 10.8. The number of hydrogen-bond acceptors (Lipinski definition) is 4. The van der Waals surface area contributed by atoms with E-state index in [0.717, 1.165) is 57.6 Å². The normalized spacial score (nSPS) is 22.8. The molecule has 0 aliphatic carbocycles. The molecule has 0 saturated carbocycles. The Morgan fingerprint density at radius 1 is 1.07 bits per heavy atom. The number of carbonyl (C=O) groups excluding carboxylic acids is 1. The number of piperidine rings is 1. The van der Waals surface area contributed by atoms with Gasteiger partial charge < -0.3 is 4.90 Å². The molecule has 0 spiro atoms. The van der Waals surface area contributed by atoms with Crippen molar-refractivity contribution in [3.8, 4) is 0 Å². The lowest BCUT2D eigenvalue weighted by molar-refractivity contribution is -0.138. The summed E-state index contributed by atoms with van der Waals surface area (Å²) in [5.74, 6) is 0.634. The SMILES string of the molecule is CC(C(=O)N1CCCCCC1)N1CCCC(c2nnc3ccc(C(F)(F)F)cn23)C1. The van der Waals surface area contributed by atoms with Crippen LogP contribution in [0.2, 0.25) is 0 Å². The molecule has 4 rings (SSSR count). The molecule has 0 bridgehead atoms. The quantitative estimate of drug-likeness (QED) is 0.755. The van der Waals surface area contributed by atoms with Gasteiger partial charge in [0.1, 0.15) is 5.82 Å². The van der Waals surface area contributed by atoms with E-state index < -0.39 is 11.7 Å². The molecule has 2 aliphatic rings. The molecular weight excluding hydrogens is 395 g/mol. The number of halogens is 3. The number of nitrogens with zero attached hydrogens (tertiary/aromatic N) is 5. The largest absolute Gasteiger partial charge is 0.417 e. The van der Waals surface area contributed by atoms with E-state index in [9.17, 15) is 18.0 Å². The molecule has 9 heteroatoms. The minimum Gasteiger partial charge on any atom is -0.341 e. The van der Waals surface area contributed by atoms with Crippen LogP contribution in [0.5, 0.6) is 0 Å². The van der Waals surface area contributed by atoms with Crippen LogP contribution >= 0.6 is 0 Å². The number of aromatic nitrogens is 3. The Hall–Kier alpha value is -2.16. The predicted molar refractivity (Wildman–Crippen MR) is 106 cm³/mol. The van der Waals surface area contributed by atoms with Gasteiger partial charge in [-0.15, -0.1) is 10.2 Å². The van der Waals surface area contributed by atoms with Gasteiger partial charge in [-0.3, -0.25) is 14.1 Å². The molecule has 1 amide bonds. The Bertz CT molecular complexity index is 888. The van der Waals surface area contributed by atoms with E-state index in [-0.39, 0.29) is 17.9 Å². The first kappa shape index (κ1) is 21.1. The van der Waals surface area contributed by atoms with Crippen molar-refractivity contribution in [2.75, 3.05) is 26.2 Å². The second-order valence-corrected chi connectivity index (χ2v) is 8.45. The van der Waals surface area contributed by atoms with Crippen molar-refractivity contribution in [3.63, 3.8) is 0 Å². The maximum absolute atomic E-state index is 13.2. The van der Waals surface area contributed by atoms with Crippen LogP contribution in [-0.4, -0.2) is 62.5 Å². The fraction of sp³-hybridized carbons (Fsp3) is 0.667. The topological polar surface area (TPSA) is 53.7 Å². The number of fused-ring (bicyclic) bond motifs is 1. The third-order valence-electron chi connectivity index (χ3n) is 6.40. The van der Waals surface area contributed by atoms with Gasteiger partial charge in [0.2, 0.25) is 5.91 Å². The Morgan fingerprint density at radius 2 is 1.80 bits per heavy atom. The number of amides is 1. The van der Waals surface area contributed by atoms with E-state index >= 15 is 0 Å². The van der Waals surface area contributed by atoms with E-state index in [1.807, 2.05) is 11.8 Å². The summed E-state index contributed by atoms with van der Waals surface area (Å²) in [5, 5.41) is 8.26. The van der Waals surface area contributed by atoms with E-state index in [4.69, 9.17) is 0 Å². The van der Waals surface area contributed by atoms with Gasteiger partial charge in [-0.1, -0.05) is 12.8 Å². The third kappa shape index (κ3) is 4.31. The first-order chi connectivity index (χ1) is 14.3. The molecule has 6 nitrogen and oxygen atoms in total. The molecule has 0 radical (unpaired) electrons. The molecular formula is C21H28F3N5O. The van der Waals surface area contributed by atoms with Gasteiger partial charge in [0, 0.05) is 31.7 Å². The molecule has 2 atom stereocenters. The van der Waals surface area contributed by atoms with Gasteiger partial charge in [0.15, 0.2) is 5.65 Å². The fourth-order valence-electron chi connectivity index (χ4n) is 4.63. The van der Waals surface area contributed by atoms with E-state index in [2.05, 4.69) is 15.1 Å². The molecule has 30 heavy (non-hydrogen) atoms. The molecule has 2 unspecified atom stereocenters. The van der Waals surface area contributed by atoms with Crippen LogP contribution in [0, 0.1) is 0 Å². The molecule has 4 heterocycles. The van der Waals surface area contributed by atoms with Crippen LogP contribution in [-0.2, 0) is 11.0 Å².